The number of fused-ring (bicyclic) bond motifs is 4. The van der Waals surface area contributed by atoms with E-state index in [4.69, 9.17) is 6.42 Å². The van der Waals surface area contributed by atoms with Crippen molar-refractivity contribution in [3.8, 4) is 18.4 Å². The van der Waals surface area contributed by atoms with Crippen molar-refractivity contribution >= 4 is 5.78 Å². The second-order valence-corrected chi connectivity index (χ2v) is 10.7. The average molecular weight is 462 g/mol. The zero-order chi connectivity index (χ0) is 24.5. The predicted molar refractivity (Wildman–Crippen MR) is 125 cm³/mol. The van der Waals surface area contributed by atoms with Crippen LogP contribution in [0.25, 0.3) is 0 Å². The summed E-state index contributed by atoms with van der Waals surface area (Å²) in [4.78, 5) is 12.2. The first-order valence-electron chi connectivity index (χ1n) is 12.1. The first-order valence-corrected chi connectivity index (χ1v) is 12.1. The standard InChI is InChI=1S/C29H29F2NO2/c1-4-29(30,31)28(34)13-12-25-23-10-8-18-14-20(33)9-11-22(18)26(23)24(15-27(25,28)3)21-7-5-6-19(16-32)17(21)2/h1,5-7,14,23-25,34H,8-13,15H2,2-3H3/t23?,24-,25?,27+,28+/m1/s1. The third-order valence-electron chi connectivity index (χ3n) is 9.46. The molecule has 0 bridgehead atoms. The van der Waals surface area contributed by atoms with Gasteiger partial charge in [-0.2, -0.15) is 14.0 Å². The predicted octanol–water partition coefficient (Wildman–Crippen LogP) is 5.77. The van der Waals surface area contributed by atoms with Crippen molar-refractivity contribution in [1.82, 2.24) is 0 Å². The molecule has 0 aliphatic heterocycles. The number of aliphatic hydroxyl groups is 1. The zero-order valence-corrected chi connectivity index (χ0v) is 19.6. The van der Waals surface area contributed by atoms with Crippen molar-refractivity contribution in [1.29, 1.82) is 5.26 Å². The molecular formula is C29H29F2NO2. The van der Waals surface area contributed by atoms with Gasteiger partial charge in [-0.1, -0.05) is 24.6 Å². The Labute approximate surface area is 199 Å². The maximum atomic E-state index is 15.1. The van der Waals surface area contributed by atoms with Crippen LogP contribution in [0.2, 0.25) is 0 Å². The zero-order valence-electron chi connectivity index (χ0n) is 19.6. The van der Waals surface area contributed by atoms with Crippen LogP contribution in [0.4, 0.5) is 8.78 Å². The fourth-order valence-corrected chi connectivity index (χ4v) is 7.73. The maximum Gasteiger partial charge on any atom is 0.336 e. The van der Waals surface area contributed by atoms with E-state index in [-0.39, 0.29) is 30.0 Å². The van der Waals surface area contributed by atoms with Crippen molar-refractivity contribution in [2.24, 2.45) is 17.3 Å². The highest BCUT2D eigenvalue weighted by molar-refractivity contribution is 5.93. The van der Waals surface area contributed by atoms with Crippen LogP contribution in [0.1, 0.15) is 74.5 Å². The molecule has 4 aliphatic rings. The van der Waals surface area contributed by atoms with Crippen LogP contribution < -0.4 is 0 Å². The van der Waals surface area contributed by atoms with Crippen LogP contribution in [0.5, 0.6) is 0 Å². The van der Waals surface area contributed by atoms with Gasteiger partial charge in [0, 0.05) is 17.8 Å². The third kappa shape index (κ3) is 2.93. The number of rotatable bonds is 2. The fraction of sp³-hybridized carbons (Fsp3) is 0.517. The van der Waals surface area contributed by atoms with Crippen molar-refractivity contribution in [2.45, 2.75) is 76.2 Å². The molecule has 0 aromatic heterocycles. The Balaban J connectivity index is 1.75. The van der Waals surface area contributed by atoms with Gasteiger partial charge < -0.3 is 5.11 Å². The lowest BCUT2D eigenvalue weighted by atomic mass is 9.50. The van der Waals surface area contributed by atoms with Crippen LogP contribution in [0.15, 0.2) is 41.0 Å². The van der Waals surface area contributed by atoms with E-state index in [9.17, 15) is 15.2 Å². The lowest BCUT2D eigenvalue weighted by Gasteiger charge is -2.55. The summed E-state index contributed by atoms with van der Waals surface area (Å²) in [5.41, 5.74) is 2.50. The molecule has 5 heteroatoms. The van der Waals surface area contributed by atoms with E-state index in [1.807, 2.05) is 19.1 Å². The molecule has 1 aromatic rings. The van der Waals surface area contributed by atoms with Gasteiger partial charge in [-0.25, -0.2) is 0 Å². The minimum atomic E-state index is -3.63. The summed E-state index contributed by atoms with van der Waals surface area (Å²) in [5.74, 6) is -2.18. The van der Waals surface area contributed by atoms with Gasteiger partial charge in [0.1, 0.15) is 5.60 Å². The molecule has 2 fully saturated rings. The highest BCUT2D eigenvalue weighted by Gasteiger charge is 2.71. The molecule has 1 N–H and O–H groups in total. The topological polar surface area (TPSA) is 61.1 Å². The Morgan fingerprint density at radius 1 is 1.24 bits per heavy atom. The van der Waals surface area contributed by atoms with Crippen molar-refractivity contribution in [3.63, 3.8) is 0 Å². The summed E-state index contributed by atoms with van der Waals surface area (Å²) in [6, 6.07) is 7.84. The van der Waals surface area contributed by atoms with Gasteiger partial charge in [0.25, 0.3) is 0 Å². The molecular weight excluding hydrogens is 432 g/mol. The molecule has 5 rings (SSSR count). The van der Waals surface area contributed by atoms with Crippen molar-refractivity contribution < 1.29 is 18.7 Å². The average Bonchev–Trinajstić information content (AvgIpc) is 3.10. The number of nitriles is 1. The van der Waals surface area contributed by atoms with Crippen LogP contribution in [0, 0.1) is 47.8 Å². The number of carbonyl (C=O) groups is 1. The third-order valence-corrected chi connectivity index (χ3v) is 9.46. The summed E-state index contributed by atoms with van der Waals surface area (Å²) in [6.45, 7) is 3.70. The molecule has 34 heavy (non-hydrogen) atoms. The van der Waals surface area contributed by atoms with Crippen LogP contribution >= 0.6 is 0 Å². The first kappa shape index (κ1) is 23.0. The Bertz CT molecular complexity index is 1230. The van der Waals surface area contributed by atoms with Gasteiger partial charge in [-0.3, -0.25) is 4.79 Å². The van der Waals surface area contributed by atoms with E-state index in [0.717, 1.165) is 29.5 Å². The van der Waals surface area contributed by atoms with E-state index < -0.39 is 16.9 Å². The van der Waals surface area contributed by atoms with Gasteiger partial charge in [0.2, 0.25) is 0 Å². The van der Waals surface area contributed by atoms with Crippen molar-refractivity contribution in [2.75, 3.05) is 0 Å². The highest BCUT2D eigenvalue weighted by Crippen LogP contribution is 2.69. The Kier molecular flexibility index (Phi) is 5.16. The number of benzene rings is 1. The molecule has 5 atom stereocenters. The number of carbonyl (C=O) groups excluding carboxylic acids is 1. The summed E-state index contributed by atoms with van der Waals surface area (Å²) in [6.07, 6.45) is 10.4. The Morgan fingerprint density at radius 3 is 2.71 bits per heavy atom. The fourth-order valence-electron chi connectivity index (χ4n) is 7.73. The van der Waals surface area contributed by atoms with Crippen molar-refractivity contribution in [3.05, 3.63) is 57.7 Å². The van der Waals surface area contributed by atoms with Gasteiger partial charge in [-0.05, 0) is 97.6 Å². The lowest BCUT2D eigenvalue weighted by molar-refractivity contribution is -0.209. The van der Waals surface area contributed by atoms with E-state index in [2.05, 4.69) is 6.07 Å². The number of allylic oxidation sites excluding steroid dienone is 4. The Hall–Kier alpha value is -2.76. The lowest BCUT2D eigenvalue weighted by Crippen LogP contribution is -2.60. The number of hydrogen-bond acceptors (Lipinski definition) is 3. The SMILES string of the molecule is C#CC(F)(F)[C@]1(O)CCC2C3CCC4=CC(=O)CCC4=C3[C@@H](c3cccc(C#N)c3C)C[C@@]21C. The van der Waals surface area contributed by atoms with Crippen LogP contribution in [0.3, 0.4) is 0 Å². The van der Waals surface area contributed by atoms with Crippen LogP contribution in [-0.4, -0.2) is 22.4 Å². The molecule has 0 amide bonds. The molecule has 0 heterocycles. The number of alkyl halides is 2. The smallest absolute Gasteiger partial charge is 0.336 e. The van der Waals surface area contributed by atoms with Gasteiger partial charge in [-0.15, -0.1) is 6.42 Å². The van der Waals surface area contributed by atoms with E-state index >= 15 is 8.78 Å². The minimum Gasteiger partial charge on any atom is -0.382 e. The number of nitrogens with zero attached hydrogens (tertiary/aromatic N) is 1. The van der Waals surface area contributed by atoms with Crippen LogP contribution in [-0.2, 0) is 4.79 Å². The molecule has 3 nitrogen and oxygen atoms in total. The molecule has 176 valence electrons. The normalized spacial score (nSPS) is 35.0. The first-order chi connectivity index (χ1) is 16.1. The number of ketones is 1. The van der Waals surface area contributed by atoms with Gasteiger partial charge >= 0.3 is 5.92 Å². The molecule has 2 saturated carbocycles. The summed E-state index contributed by atoms with van der Waals surface area (Å²) in [7, 11) is 0. The van der Waals surface area contributed by atoms with E-state index in [1.165, 1.54) is 11.1 Å². The minimum absolute atomic E-state index is 0.0321. The second kappa shape index (κ2) is 7.62. The number of hydrogen-bond donors (Lipinski definition) is 1. The van der Waals surface area contributed by atoms with Gasteiger partial charge in [0.05, 0.1) is 11.6 Å². The highest BCUT2D eigenvalue weighted by atomic mass is 19.3. The molecule has 1 aromatic carbocycles. The monoisotopic (exact) mass is 461 g/mol. The summed E-state index contributed by atoms with van der Waals surface area (Å²) >= 11 is 0. The quantitative estimate of drug-likeness (QED) is 0.569. The largest absolute Gasteiger partial charge is 0.382 e. The van der Waals surface area contributed by atoms with E-state index in [0.29, 0.717) is 31.2 Å². The summed E-state index contributed by atoms with van der Waals surface area (Å²) < 4.78 is 30.3. The second-order valence-electron chi connectivity index (χ2n) is 10.7. The number of halogens is 2. The number of terminal acetylenes is 1. The Morgan fingerprint density at radius 2 is 2.00 bits per heavy atom. The molecule has 0 radical (unpaired) electrons. The summed E-state index contributed by atoms with van der Waals surface area (Å²) in [5, 5.41) is 21.2. The molecule has 0 saturated heterocycles. The molecule has 0 spiro atoms. The maximum absolute atomic E-state index is 15.1. The van der Waals surface area contributed by atoms with E-state index in [1.54, 1.807) is 25.0 Å². The van der Waals surface area contributed by atoms with Gasteiger partial charge in [0.15, 0.2) is 5.78 Å². The molecule has 2 unspecified atom stereocenters. The molecule has 4 aliphatic carbocycles.